The summed E-state index contributed by atoms with van der Waals surface area (Å²) in [6, 6.07) is 0. The summed E-state index contributed by atoms with van der Waals surface area (Å²) >= 11 is -1.16. The average Bonchev–Trinajstić information content (AvgIpc) is 1.97. The van der Waals surface area contributed by atoms with Crippen LogP contribution in [-0.4, -0.2) is 17.1 Å². The number of allylic oxidation sites excluding steroid dienone is 3. The quantitative estimate of drug-likeness (QED) is 0.608. The zero-order valence-electron chi connectivity index (χ0n) is 7.16. The molecular weight excluding hydrogens is 160 g/mol. The fourth-order valence-corrected chi connectivity index (χ4v) is 0.867. The molecule has 3 heteroatoms. The van der Waals surface area contributed by atoms with E-state index in [1.54, 1.807) is 0 Å². The van der Waals surface area contributed by atoms with Crippen molar-refractivity contribution in [1.82, 2.24) is 0 Å². The highest BCUT2D eigenvalue weighted by atomic mass is 32.2. The average molecular weight is 174 g/mol. The molecule has 0 saturated heterocycles. The molecule has 1 atom stereocenters. The monoisotopic (exact) mass is 174 g/mol. The van der Waals surface area contributed by atoms with Gasteiger partial charge in [-0.1, -0.05) is 23.8 Å². The molecule has 2 nitrogen and oxygen atoms in total. The van der Waals surface area contributed by atoms with Gasteiger partial charge in [0.2, 0.25) is 0 Å². The number of hydrogen-bond acceptors (Lipinski definition) is 2. The van der Waals surface area contributed by atoms with E-state index in [0.717, 1.165) is 0 Å². The summed E-state index contributed by atoms with van der Waals surface area (Å²) in [6.07, 6.45) is 5.67. The summed E-state index contributed by atoms with van der Waals surface area (Å²) in [5, 5.41) is 0. The Hall–Kier alpha value is -0.410. The Labute approximate surface area is 70.6 Å². The molecule has 0 aliphatic carbocycles. The van der Waals surface area contributed by atoms with Crippen molar-refractivity contribution in [2.75, 3.05) is 12.9 Å². The molecule has 0 bridgehead atoms. The van der Waals surface area contributed by atoms with E-state index in [0.29, 0.717) is 5.75 Å². The second-order valence-electron chi connectivity index (χ2n) is 2.31. The predicted octanol–water partition coefficient (Wildman–Crippen LogP) is 1.82. The van der Waals surface area contributed by atoms with Gasteiger partial charge in [0.1, 0.15) is 0 Å². The Morgan fingerprint density at radius 2 is 2.18 bits per heavy atom. The standard InChI is InChI=1S/C8H14O2S/c1-8(2)6-4-5-7-11(9)10-3/h4-6H,7H2,1-3H3/b5-4-. The van der Waals surface area contributed by atoms with Gasteiger partial charge in [0.05, 0.1) is 12.9 Å². The smallest absolute Gasteiger partial charge is 0.159 e. The van der Waals surface area contributed by atoms with E-state index in [1.807, 2.05) is 32.1 Å². The molecule has 0 aliphatic heterocycles. The maximum Gasteiger partial charge on any atom is 0.159 e. The summed E-state index contributed by atoms with van der Waals surface area (Å²) in [7, 11) is 1.44. The highest BCUT2D eigenvalue weighted by molar-refractivity contribution is 7.80. The van der Waals surface area contributed by atoms with Gasteiger partial charge < -0.3 is 0 Å². The third kappa shape index (κ3) is 7.49. The highest BCUT2D eigenvalue weighted by Gasteiger charge is 1.88. The topological polar surface area (TPSA) is 26.3 Å². The lowest BCUT2D eigenvalue weighted by molar-refractivity contribution is 0.448. The van der Waals surface area contributed by atoms with Crippen LogP contribution in [0.5, 0.6) is 0 Å². The highest BCUT2D eigenvalue weighted by Crippen LogP contribution is 1.90. The number of rotatable bonds is 4. The van der Waals surface area contributed by atoms with Crippen molar-refractivity contribution in [1.29, 1.82) is 0 Å². The molecule has 0 spiro atoms. The van der Waals surface area contributed by atoms with E-state index in [4.69, 9.17) is 0 Å². The molecule has 0 fully saturated rings. The van der Waals surface area contributed by atoms with Crippen LogP contribution in [0.4, 0.5) is 0 Å². The van der Waals surface area contributed by atoms with Crippen LogP contribution in [0.25, 0.3) is 0 Å². The van der Waals surface area contributed by atoms with Crippen LogP contribution in [0.1, 0.15) is 13.8 Å². The van der Waals surface area contributed by atoms with Crippen LogP contribution < -0.4 is 0 Å². The first-order chi connectivity index (χ1) is 5.16. The van der Waals surface area contributed by atoms with Crippen LogP contribution >= 0.6 is 0 Å². The zero-order valence-corrected chi connectivity index (χ0v) is 7.98. The summed E-state index contributed by atoms with van der Waals surface area (Å²) in [4.78, 5) is 0. The molecule has 0 saturated carbocycles. The number of hydrogen-bond donors (Lipinski definition) is 0. The van der Waals surface area contributed by atoms with Crippen LogP contribution in [0.2, 0.25) is 0 Å². The van der Waals surface area contributed by atoms with Crippen molar-refractivity contribution in [2.45, 2.75) is 13.8 Å². The molecule has 11 heavy (non-hydrogen) atoms. The second kappa shape index (κ2) is 6.31. The van der Waals surface area contributed by atoms with Gasteiger partial charge in [0.15, 0.2) is 11.1 Å². The maximum atomic E-state index is 10.7. The summed E-state index contributed by atoms with van der Waals surface area (Å²) in [5.41, 5.74) is 1.23. The first-order valence-corrected chi connectivity index (χ1v) is 4.64. The normalized spacial score (nSPS) is 13.4. The van der Waals surface area contributed by atoms with Gasteiger partial charge in [0.25, 0.3) is 0 Å². The van der Waals surface area contributed by atoms with Crippen LogP contribution in [0, 0.1) is 0 Å². The summed E-state index contributed by atoms with van der Waals surface area (Å²) in [6.45, 7) is 4.02. The van der Waals surface area contributed by atoms with E-state index in [1.165, 1.54) is 12.7 Å². The van der Waals surface area contributed by atoms with Gasteiger partial charge in [-0.3, -0.25) is 4.18 Å². The minimum absolute atomic E-state index is 0.459. The molecule has 0 rings (SSSR count). The van der Waals surface area contributed by atoms with Crippen LogP contribution in [-0.2, 0) is 15.3 Å². The summed E-state index contributed by atoms with van der Waals surface area (Å²) in [5.74, 6) is 0.459. The third-order valence-corrected chi connectivity index (χ3v) is 1.82. The summed E-state index contributed by atoms with van der Waals surface area (Å²) < 4.78 is 15.2. The van der Waals surface area contributed by atoms with Crippen LogP contribution in [0.3, 0.4) is 0 Å². The fourth-order valence-electron chi connectivity index (χ4n) is 0.463. The molecule has 0 amide bonds. The molecule has 0 radical (unpaired) electrons. The molecule has 64 valence electrons. The van der Waals surface area contributed by atoms with Gasteiger partial charge >= 0.3 is 0 Å². The second-order valence-corrected chi connectivity index (χ2v) is 3.58. The van der Waals surface area contributed by atoms with Gasteiger partial charge in [-0.2, -0.15) is 0 Å². The van der Waals surface area contributed by atoms with E-state index in [-0.39, 0.29) is 0 Å². The zero-order chi connectivity index (χ0) is 8.69. The minimum Gasteiger partial charge on any atom is -0.294 e. The Morgan fingerprint density at radius 3 is 2.64 bits per heavy atom. The van der Waals surface area contributed by atoms with Gasteiger partial charge in [-0.25, -0.2) is 4.21 Å². The first kappa shape index (κ1) is 10.6. The lowest BCUT2D eigenvalue weighted by Crippen LogP contribution is -1.94. The minimum atomic E-state index is -1.16. The largest absolute Gasteiger partial charge is 0.294 e. The molecular formula is C8H14O2S. The lowest BCUT2D eigenvalue weighted by atomic mass is 10.3. The Bertz CT molecular complexity index is 179. The fraction of sp³-hybridized carbons (Fsp3) is 0.500. The van der Waals surface area contributed by atoms with Crippen molar-refractivity contribution in [2.24, 2.45) is 0 Å². The van der Waals surface area contributed by atoms with Crippen LogP contribution in [0.15, 0.2) is 23.8 Å². The first-order valence-electron chi connectivity index (χ1n) is 3.39. The van der Waals surface area contributed by atoms with E-state index >= 15 is 0 Å². The van der Waals surface area contributed by atoms with Gasteiger partial charge in [-0.15, -0.1) is 0 Å². The molecule has 0 heterocycles. The SMILES string of the molecule is COS(=O)C/C=C\C=C(C)C. The Morgan fingerprint density at radius 1 is 1.55 bits per heavy atom. The van der Waals surface area contributed by atoms with E-state index in [9.17, 15) is 4.21 Å². The molecule has 0 aromatic carbocycles. The van der Waals surface area contributed by atoms with Crippen molar-refractivity contribution < 1.29 is 8.39 Å². The van der Waals surface area contributed by atoms with Gasteiger partial charge in [-0.05, 0) is 13.8 Å². The molecule has 0 N–H and O–H groups in total. The van der Waals surface area contributed by atoms with Crippen molar-refractivity contribution in [3.8, 4) is 0 Å². The molecule has 0 aliphatic rings. The lowest BCUT2D eigenvalue weighted by Gasteiger charge is -1.89. The Kier molecular flexibility index (Phi) is 6.07. The predicted molar refractivity (Wildman–Crippen MR) is 48.6 cm³/mol. The van der Waals surface area contributed by atoms with Crippen molar-refractivity contribution in [3.05, 3.63) is 23.8 Å². The molecule has 0 aromatic heterocycles. The van der Waals surface area contributed by atoms with Crippen molar-refractivity contribution in [3.63, 3.8) is 0 Å². The van der Waals surface area contributed by atoms with Crippen molar-refractivity contribution >= 4 is 11.1 Å². The molecule has 1 unspecified atom stereocenters. The molecule has 0 aromatic rings. The third-order valence-electron chi connectivity index (χ3n) is 0.984. The maximum absolute atomic E-state index is 10.7. The van der Waals surface area contributed by atoms with Gasteiger partial charge in [0, 0.05) is 0 Å². The Balaban J connectivity index is 3.61. The van der Waals surface area contributed by atoms with E-state index in [2.05, 4.69) is 4.18 Å². The van der Waals surface area contributed by atoms with E-state index < -0.39 is 11.1 Å².